The molecular formula is C13H15N7O3. The van der Waals surface area contributed by atoms with E-state index < -0.39 is 4.92 Å². The number of nitrogens with two attached hydrogens (primary N) is 2. The van der Waals surface area contributed by atoms with Crippen molar-refractivity contribution < 1.29 is 9.66 Å². The molecule has 1 heterocycles. The fraction of sp³-hybridized carbons (Fsp3) is 0.154. The van der Waals surface area contributed by atoms with Gasteiger partial charge in [-0.15, -0.1) is 5.10 Å². The molecule has 0 aliphatic rings. The first-order valence-corrected chi connectivity index (χ1v) is 6.46. The lowest BCUT2D eigenvalue weighted by Crippen LogP contribution is -2.21. The molecule has 10 nitrogen and oxygen atoms in total. The predicted octanol–water partition coefficient (Wildman–Crippen LogP) is 0.455. The summed E-state index contributed by atoms with van der Waals surface area (Å²) in [5, 5.41) is 21.8. The maximum atomic E-state index is 10.7. The van der Waals surface area contributed by atoms with E-state index in [2.05, 4.69) is 15.3 Å². The summed E-state index contributed by atoms with van der Waals surface area (Å²) in [4.78, 5) is 10.1. The van der Waals surface area contributed by atoms with Gasteiger partial charge in [0.1, 0.15) is 5.75 Å². The van der Waals surface area contributed by atoms with Gasteiger partial charge in [0.2, 0.25) is 5.96 Å². The van der Waals surface area contributed by atoms with Crippen molar-refractivity contribution in [2.45, 2.75) is 6.54 Å². The minimum atomic E-state index is -0.550. The summed E-state index contributed by atoms with van der Waals surface area (Å²) < 4.78 is 6.73. The molecule has 0 aliphatic carbocycles. The highest BCUT2D eigenvalue weighted by Crippen LogP contribution is 2.21. The van der Waals surface area contributed by atoms with Crippen molar-refractivity contribution in [1.29, 1.82) is 0 Å². The molecule has 2 aromatic rings. The molecule has 0 spiro atoms. The van der Waals surface area contributed by atoms with E-state index in [1.807, 2.05) is 0 Å². The van der Waals surface area contributed by atoms with E-state index in [-0.39, 0.29) is 11.8 Å². The molecule has 0 amide bonds. The Balaban J connectivity index is 2.26. The molecule has 1 aromatic carbocycles. The Morgan fingerprint density at radius 3 is 2.87 bits per heavy atom. The third kappa shape index (κ3) is 4.27. The number of aromatic nitrogens is 2. The minimum Gasteiger partial charge on any atom is -0.496 e. The average molecular weight is 317 g/mol. The van der Waals surface area contributed by atoms with Crippen LogP contribution in [0.15, 0.2) is 40.7 Å². The first-order valence-electron chi connectivity index (χ1n) is 6.46. The SMILES string of the molecule is COc1ccc(C=NN=C(N)N)cc1Cn1ccc([N+](=O)[O-])n1. The Morgan fingerprint density at radius 2 is 2.26 bits per heavy atom. The lowest BCUT2D eigenvalue weighted by Gasteiger charge is -2.08. The van der Waals surface area contributed by atoms with Gasteiger partial charge in [0.15, 0.2) is 0 Å². The van der Waals surface area contributed by atoms with Crippen molar-refractivity contribution in [2.75, 3.05) is 7.11 Å². The molecule has 10 heteroatoms. The van der Waals surface area contributed by atoms with Crippen molar-refractivity contribution in [3.8, 4) is 5.75 Å². The smallest absolute Gasteiger partial charge is 0.389 e. The van der Waals surface area contributed by atoms with Crippen LogP contribution in [0.3, 0.4) is 0 Å². The molecule has 0 saturated carbocycles. The summed E-state index contributed by atoms with van der Waals surface area (Å²) in [6.45, 7) is 0.307. The zero-order valence-electron chi connectivity index (χ0n) is 12.3. The van der Waals surface area contributed by atoms with Crippen LogP contribution in [0.2, 0.25) is 0 Å². The lowest BCUT2D eigenvalue weighted by atomic mass is 10.1. The molecule has 1 aromatic heterocycles. The summed E-state index contributed by atoms with van der Waals surface area (Å²) in [6, 6.07) is 6.66. The summed E-state index contributed by atoms with van der Waals surface area (Å²) in [5.74, 6) is 0.274. The molecule has 0 unspecified atom stereocenters. The Kier molecular flexibility index (Phi) is 4.87. The number of benzene rings is 1. The second-order valence-electron chi connectivity index (χ2n) is 4.47. The molecule has 2 rings (SSSR count). The Labute approximate surface area is 131 Å². The van der Waals surface area contributed by atoms with E-state index in [1.165, 1.54) is 30.3 Å². The summed E-state index contributed by atoms with van der Waals surface area (Å²) in [6.07, 6.45) is 3.01. The molecule has 0 atom stereocenters. The van der Waals surface area contributed by atoms with E-state index in [1.54, 1.807) is 18.2 Å². The number of methoxy groups -OCH3 is 1. The number of hydrogen-bond donors (Lipinski definition) is 2. The highest BCUT2D eigenvalue weighted by Gasteiger charge is 2.13. The van der Waals surface area contributed by atoms with Crippen LogP contribution in [0, 0.1) is 10.1 Å². The van der Waals surface area contributed by atoms with Crippen molar-refractivity contribution in [3.63, 3.8) is 0 Å². The fourth-order valence-corrected chi connectivity index (χ4v) is 1.88. The Hall–Kier alpha value is -3.43. The maximum Gasteiger partial charge on any atom is 0.389 e. The van der Waals surface area contributed by atoms with Gasteiger partial charge in [0, 0.05) is 5.56 Å². The molecule has 0 fully saturated rings. The number of ether oxygens (including phenoxy) is 1. The van der Waals surface area contributed by atoms with Gasteiger partial charge in [-0.05, 0) is 28.7 Å². The minimum absolute atomic E-state index is 0.140. The van der Waals surface area contributed by atoms with Crippen LogP contribution < -0.4 is 16.2 Å². The van der Waals surface area contributed by atoms with Gasteiger partial charge in [-0.2, -0.15) is 9.78 Å². The standard InChI is InChI=1S/C13H15N7O3/c1-23-11-3-2-9(7-16-17-13(14)15)6-10(11)8-19-5-4-12(18-19)20(21)22/h2-7H,8H2,1H3,(H4,14,15,17). The van der Waals surface area contributed by atoms with Crippen molar-refractivity contribution >= 4 is 18.0 Å². The van der Waals surface area contributed by atoms with Gasteiger partial charge < -0.3 is 26.3 Å². The lowest BCUT2D eigenvalue weighted by molar-refractivity contribution is -0.389. The molecule has 120 valence electrons. The first kappa shape index (κ1) is 15.9. The topological polar surface area (TPSA) is 147 Å². The number of nitro groups is 1. The summed E-state index contributed by atoms with van der Waals surface area (Å²) in [7, 11) is 1.54. The van der Waals surface area contributed by atoms with Gasteiger partial charge in [-0.25, -0.2) is 0 Å². The predicted molar refractivity (Wildman–Crippen MR) is 84.4 cm³/mol. The van der Waals surface area contributed by atoms with E-state index in [0.29, 0.717) is 12.3 Å². The van der Waals surface area contributed by atoms with Crippen LogP contribution in [0.25, 0.3) is 0 Å². The van der Waals surface area contributed by atoms with E-state index >= 15 is 0 Å². The third-order valence-electron chi connectivity index (χ3n) is 2.83. The second-order valence-corrected chi connectivity index (χ2v) is 4.47. The molecule has 0 saturated heterocycles. The molecule has 0 bridgehead atoms. The van der Waals surface area contributed by atoms with Crippen molar-refractivity contribution in [2.24, 2.45) is 21.7 Å². The Morgan fingerprint density at radius 1 is 1.48 bits per heavy atom. The monoisotopic (exact) mass is 317 g/mol. The molecule has 0 aliphatic heterocycles. The Bertz CT molecular complexity index is 763. The first-order chi connectivity index (χ1) is 11.0. The van der Waals surface area contributed by atoms with Crippen LogP contribution in [0.1, 0.15) is 11.1 Å². The zero-order valence-corrected chi connectivity index (χ0v) is 12.3. The second kappa shape index (κ2) is 7.02. The van der Waals surface area contributed by atoms with Gasteiger partial charge in [-0.1, -0.05) is 0 Å². The molecule has 23 heavy (non-hydrogen) atoms. The number of rotatable bonds is 6. The van der Waals surface area contributed by atoms with Crippen LogP contribution >= 0.6 is 0 Å². The van der Waals surface area contributed by atoms with Crippen LogP contribution in [0.4, 0.5) is 5.82 Å². The highest BCUT2D eigenvalue weighted by atomic mass is 16.6. The maximum absolute atomic E-state index is 10.7. The van der Waals surface area contributed by atoms with Gasteiger partial charge >= 0.3 is 5.82 Å². The zero-order chi connectivity index (χ0) is 16.8. The van der Waals surface area contributed by atoms with Gasteiger partial charge in [0.05, 0.1) is 37.2 Å². The van der Waals surface area contributed by atoms with Gasteiger partial charge in [-0.3, -0.25) is 0 Å². The summed E-state index contributed by atoms with van der Waals surface area (Å²) >= 11 is 0. The quantitative estimate of drug-likeness (QED) is 0.342. The third-order valence-corrected chi connectivity index (χ3v) is 2.83. The number of nitrogens with zero attached hydrogens (tertiary/aromatic N) is 5. The van der Waals surface area contributed by atoms with Crippen LogP contribution in [-0.4, -0.2) is 34.0 Å². The summed E-state index contributed by atoms with van der Waals surface area (Å²) in [5.41, 5.74) is 11.9. The van der Waals surface area contributed by atoms with Crippen LogP contribution in [-0.2, 0) is 6.54 Å². The van der Waals surface area contributed by atoms with E-state index in [0.717, 1.165) is 11.1 Å². The number of guanidine groups is 1. The van der Waals surface area contributed by atoms with Crippen molar-refractivity contribution in [3.05, 3.63) is 51.7 Å². The normalized spacial score (nSPS) is 10.7. The van der Waals surface area contributed by atoms with Crippen molar-refractivity contribution in [1.82, 2.24) is 9.78 Å². The highest BCUT2D eigenvalue weighted by molar-refractivity contribution is 5.82. The van der Waals surface area contributed by atoms with E-state index in [4.69, 9.17) is 16.2 Å². The molecular weight excluding hydrogens is 302 g/mol. The van der Waals surface area contributed by atoms with Crippen LogP contribution in [0.5, 0.6) is 5.75 Å². The molecule has 4 N–H and O–H groups in total. The van der Waals surface area contributed by atoms with E-state index in [9.17, 15) is 10.1 Å². The fourth-order valence-electron chi connectivity index (χ4n) is 1.88. The average Bonchev–Trinajstić information content (AvgIpc) is 2.96. The van der Waals surface area contributed by atoms with Gasteiger partial charge in [0.25, 0.3) is 0 Å². The number of hydrogen-bond acceptors (Lipinski definition) is 6. The molecule has 0 radical (unpaired) electrons. The largest absolute Gasteiger partial charge is 0.496 e.